The molecule has 2 bridgehead atoms. The first-order valence-corrected chi connectivity index (χ1v) is 6.16. The molecule has 0 saturated heterocycles. The van der Waals surface area contributed by atoms with Crippen LogP contribution in [-0.4, -0.2) is 5.75 Å². The Morgan fingerprint density at radius 3 is 2.92 bits per heavy atom. The lowest BCUT2D eigenvalue weighted by Gasteiger charge is -2.37. The molecule has 2 atom stereocenters. The van der Waals surface area contributed by atoms with Crippen LogP contribution in [0.5, 0.6) is 0 Å². The second-order valence-electron chi connectivity index (χ2n) is 4.57. The normalized spacial score (nSPS) is 34.8. The summed E-state index contributed by atoms with van der Waals surface area (Å²) in [5.74, 6) is 2.70. The number of rotatable bonds is 2. The van der Waals surface area contributed by atoms with Crippen LogP contribution in [0, 0.1) is 17.3 Å². The van der Waals surface area contributed by atoms with Gasteiger partial charge < -0.3 is 0 Å². The third kappa shape index (κ3) is 1.38. The predicted octanol–water partition coefficient (Wildman–Crippen LogP) is 3.86. The average molecular weight is 194 g/mol. The first-order chi connectivity index (χ1) is 6.16. The zero-order chi connectivity index (χ0) is 9.47. The summed E-state index contributed by atoms with van der Waals surface area (Å²) in [7, 11) is 0. The molecule has 0 amide bonds. The standard InChI is InChI=1S/C12H18S/c1-4-13-11-8-6-9-5-7-10(11)12(9,2)3/h5,7-10H,4,6H2,1-3H3. The first kappa shape index (κ1) is 9.39. The zero-order valence-electron chi connectivity index (χ0n) is 8.71. The summed E-state index contributed by atoms with van der Waals surface area (Å²) in [6.45, 7) is 7.06. The Hall–Kier alpha value is -0.170. The van der Waals surface area contributed by atoms with E-state index in [0.717, 1.165) is 5.92 Å². The van der Waals surface area contributed by atoms with Gasteiger partial charge in [0.05, 0.1) is 0 Å². The summed E-state index contributed by atoms with van der Waals surface area (Å²) < 4.78 is 0. The molecule has 0 aromatic carbocycles. The minimum absolute atomic E-state index is 0.478. The van der Waals surface area contributed by atoms with Gasteiger partial charge in [-0.15, -0.1) is 11.8 Å². The van der Waals surface area contributed by atoms with E-state index in [1.807, 2.05) is 11.8 Å². The topological polar surface area (TPSA) is 0 Å². The summed E-state index contributed by atoms with van der Waals surface area (Å²) in [6.07, 6.45) is 8.55. The number of allylic oxidation sites excluding steroid dienone is 4. The molecule has 0 heterocycles. The smallest absolute Gasteiger partial charge is 0.0132 e. The van der Waals surface area contributed by atoms with E-state index in [4.69, 9.17) is 0 Å². The van der Waals surface area contributed by atoms with E-state index >= 15 is 0 Å². The molecular formula is C12H18S. The highest BCUT2D eigenvalue weighted by molar-refractivity contribution is 8.03. The van der Waals surface area contributed by atoms with Crippen molar-refractivity contribution in [3.05, 3.63) is 23.1 Å². The van der Waals surface area contributed by atoms with Crippen LogP contribution in [0.1, 0.15) is 27.2 Å². The van der Waals surface area contributed by atoms with Gasteiger partial charge in [-0.2, -0.15) is 0 Å². The molecule has 0 nitrogen and oxygen atoms in total. The minimum Gasteiger partial charge on any atom is -0.131 e. The van der Waals surface area contributed by atoms with Gasteiger partial charge in [0.25, 0.3) is 0 Å². The van der Waals surface area contributed by atoms with Crippen LogP contribution in [0.2, 0.25) is 0 Å². The molecule has 1 heteroatoms. The van der Waals surface area contributed by atoms with Gasteiger partial charge in [0, 0.05) is 5.92 Å². The van der Waals surface area contributed by atoms with Crippen molar-refractivity contribution in [1.82, 2.24) is 0 Å². The summed E-state index contributed by atoms with van der Waals surface area (Å²) in [6, 6.07) is 0. The van der Waals surface area contributed by atoms with Gasteiger partial charge >= 0.3 is 0 Å². The van der Waals surface area contributed by atoms with Gasteiger partial charge in [0.15, 0.2) is 0 Å². The highest BCUT2D eigenvalue weighted by Gasteiger charge is 2.42. The Bertz CT molecular complexity index is 260. The molecule has 0 spiro atoms. The Morgan fingerprint density at radius 2 is 2.23 bits per heavy atom. The number of hydrogen-bond donors (Lipinski definition) is 0. The highest BCUT2D eigenvalue weighted by Crippen LogP contribution is 2.53. The molecule has 0 aromatic heterocycles. The zero-order valence-corrected chi connectivity index (χ0v) is 9.53. The van der Waals surface area contributed by atoms with E-state index in [0.29, 0.717) is 11.3 Å². The molecule has 2 aliphatic rings. The predicted molar refractivity (Wildman–Crippen MR) is 60.7 cm³/mol. The second kappa shape index (κ2) is 3.20. The molecule has 0 aliphatic heterocycles. The van der Waals surface area contributed by atoms with Crippen molar-refractivity contribution in [1.29, 1.82) is 0 Å². The van der Waals surface area contributed by atoms with E-state index in [2.05, 4.69) is 39.0 Å². The second-order valence-corrected chi connectivity index (χ2v) is 5.90. The third-order valence-electron chi connectivity index (χ3n) is 3.48. The minimum atomic E-state index is 0.478. The van der Waals surface area contributed by atoms with Crippen LogP contribution in [-0.2, 0) is 0 Å². The molecule has 2 rings (SSSR count). The highest BCUT2D eigenvalue weighted by atomic mass is 32.2. The van der Waals surface area contributed by atoms with Crippen molar-refractivity contribution in [3.63, 3.8) is 0 Å². The molecule has 0 fully saturated rings. The quantitative estimate of drug-likeness (QED) is 0.602. The van der Waals surface area contributed by atoms with Gasteiger partial charge in [-0.3, -0.25) is 0 Å². The van der Waals surface area contributed by atoms with Crippen molar-refractivity contribution in [3.8, 4) is 0 Å². The van der Waals surface area contributed by atoms with Crippen LogP contribution < -0.4 is 0 Å². The van der Waals surface area contributed by atoms with Crippen LogP contribution in [0.4, 0.5) is 0 Å². The molecule has 2 aliphatic carbocycles. The van der Waals surface area contributed by atoms with Gasteiger partial charge in [0.2, 0.25) is 0 Å². The van der Waals surface area contributed by atoms with E-state index in [-0.39, 0.29) is 0 Å². The summed E-state index contributed by atoms with van der Waals surface area (Å²) in [4.78, 5) is 1.61. The van der Waals surface area contributed by atoms with Crippen LogP contribution in [0.15, 0.2) is 23.1 Å². The van der Waals surface area contributed by atoms with Crippen molar-refractivity contribution in [2.75, 3.05) is 5.75 Å². The van der Waals surface area contributed by atoms with Crippen LogP contribution in [0.25, 0.3) is 0 Å². The summed E-state index contributed by atoms with van der Waals surface area (Å²) in [5, 5.41) is 0. The maximum absolute atomic E-state index is 2.45. The third-order valence-corrected chi connectivity index (χ3v) is 4.53. The SMILES string of the molecule is CCSC1=CCC2C=CC1C2(C)C. The maximum atomic E-state index is 2.45. The number of thioether (sulfide) groups is 1. The van der Waals surface area contributed by atoms with Crippen molar-refractivity contribution >= 4 is 11.8 Å². The van der Waals surface area contributed by atoms with E-state index in [9.17, 15) is 0 Å². The molecule has 0 aromatic rings. The van der Waals surface area contributed by atoms with Crippen LogP contribution >= 0.6 is 11.8 Å². The fraction of sp³-hybridized carbons (Fsp3) is 0.667. The molecule has 0 N–H and O–H groups in total. The van der Waals surface area contributed by atoms with Crippen molar-refractivity contribution in [2.24, 2.45) is 17.3 Å². The Labute approximate surface area is 85.5 Å². The van der Waals surface area contributed by atoms with E-state index < -0.39 is 0 Å². The Balaban J connectivity index is 2.25. The molecule has 0 saturated carbocycles. The largest absolute Gasteiger partial charge is 0.131 e. The maximum Gasteiger partial charge on any atom is 0.0132 e. The number of hydrogen-bond acceptors (Lipinski definition) is 1. The Morgan fingerprint density at radius 1 is 1.46 bits per heavy atom. The molecular weight excluding hydrogens is 176 g/mol. The van der Waals surface area contributed by atoms with Gasteiger partial charge in [-0.1, -0.05) is 39.0 Å². The first-order valence-electron chi connectivity index (χ1n) is 5.17. The fourth-order valence-electron chi connectivity index (χ4n) is 2.50. The number of fused-ring (bicyclic) bond motifs is 2. The lowest BCUT2D eigenvalue weighted by atomic mass is 9.70. The van der Waals surface area contributed by atoms with Gasteiger partial charge in [-0.25, -0.2) is 0 Å². The lowest BCUT2D eigenvalue weighted by Crippen LogP contribution is -2.29. The van der Waals surface area contributed by atoms with Gasteiger partial charge in [0.1, 0.15) is 0 Å². The average Bonchev–Trinajstić information content (AvgIpc) is 2.29. The summed E-state index contributed by atoms with van der Waals surface area (Å²) in [5.41, 5.74) is 0.478. The van der Waals surface area contributed by atoms with Crippen molar-refractivity contribution < 1.29 is 0 Å². The molecule has 13 heavy (non-hydrogen) atoms. The molecule has 0 radical (unpaired) electrons. The Kier molecular flexibility index (Phi) is 2.31. The van der Waals surface area contributed by atoms with Crippen LogP contribution in [0.3, 0.4) is 0 Å². The fourth-order valence-corrected chi connectivity index (χ4v) is 3.61. The lowest BCUT2D eigenvalue weighted by molar-refractivity contribution is 0.222. The molecule has 2 unspecified atom stereocenters. The summed E-state index contributed by atoms with van der Waals surface area (Å²) >= 11 is 2.02. The van der Waals surface area contributed by atoms with E-state index in [1.54, 1.807) is 4.91 Å². The van der Waals surface area contributed by atoms with Crippen molar-refractivity contribution in [2.45, 2.75) is 27.2 Å². The monoisotopic (exact) mass is 194 g/mol. The van der Waals surface area contributed by atoms with Gasteiger partial charge in [-0.05, 0) is 28.4 Å². The van der Waals surface area contributed by atoms with E-state index in [1.165, 1.54) is 12.2 Å². The molecule has 72 valence electrons.